The standard InChI is InChI=1S/C17H17ClFNO/c1-21-17-7-2-12(18)9-16(17)15-6-3-13(19)8-11(15)10-20-14-4-5-14/h2-3,6-9,14,20H,4-5,10H2,1H3. The van der Waals surface area contributed by atoms with Crippen LogP contribution in [0.25, 0.3) is 11.1 Å². The zero-order valence-corrected chi connectivity index (χ0v) is 12.6. The second-order valence-electron chi connectivity index (χ2n) is 5.30. The molecule has 0 saturated heterocycles. The topological polar surface area (TPSA) is 21.3 Å². The van der Waals surface area contributed by atoms with Gasteiger partial charge in [0.05, 0.1) is 7.11 Å². The molecule has 0 radical (unpaired) electrons. The van der Waals surface area contributed by atoms with Crippen molar-refractivity contribution in [1.29, 1.82) is 0 Å². The van der Waals surface area contributed by atoms with Gasteiger partial charge in [-0.05, 0) is 54.3 Å². The van der Waals surface area contributed by atoms with Crippen molar-refractivity contribution in [3.63, 3.8) is 0 Å². The van der Waals surface area contributed by atoms with Crippen molar-refractivity contribution >= 4 is 11.6 Å². The normalized spacial score (nSPS) is 14.2. The molecule has 1 aliphatic rings. The second kappa shape index (κ2) is 6.04. The van der Waals surface area contributed by atoms with Gasteiger partial charge in [0.1, 0.15) is 11.6 Å². The minimum Gasteiger partial charge on any atom is -0.496 e. The van der Waals surface area contributed by atoms with Crippen LogP contribution in [0.4, 0.5) is 4.39 Å². The number of methoxy groups -OCH3 is 1. The molecule has 110 valence electrons. The fourth-order valence-corrected chi connectivity index (χ4v) is 2.58. The van der Waals surface area contributed by atoms with Crippen LogP contribution in [-0.4, -0.2) is 13.2 Å². The van der Waals surface area contributed by atoms with E-state index in [1.54, 1.807) is 25.3 Å². The van der Waals surface area contributed by atoms with Crippen LogP contribution in [0.2, 0.25) is 5.02 Å². The van der Waals surface area contributed by atoms with Crippen LogP contribution in [0, 0.1) is 5.82 Å². The number of ether oxygens (including phenoxy) is 1. The highest BCUT2D eigenvalue weighted by atomic mass is 35.5. The van der Waals surface area contributed by atoms with Crippen molar-refractivity contribution in [3.05, 3.63) is 52.8 Å². The Bertz CT molecular complexity index is 655. The Labute approximate surface area is 128 Å². The lowest BCUT2D eigenvalue weighted by Crippen LogP contribution is -2.16. The van der Waals surface area contributed by atoms with Gasteiger partial charge in [0.15, 0.2) is 0 Å². The molecule has 1 fully saturated rings. The maximum Gasteiger partial charge on any atom is 0.126 e. The van der Waals surface area contributed by atoms with Crippen molar-refractivity contribution in [1.82, 2.24) is 5.32 Å². The van der Waals surface area contributed by atoms with Crippen LogP contribution in [0.5, 0.6) is 5.75 Å². The molecule has 21 heavy (non-hydrogen) atoms. The molecule has 0 amide bonds. The summed E-state index contributed by atoms with van der Waals surface area (Å²) in [6.45, 7) is 0.646. The summed E-state index contributed by atoms with van der Waals surface area (Å²) in [5.41, 5.74) is 2.75. The lowest BCUT2D eigenvalue weighted by atomic mass is 9.98. The molecule has 3 rings (SSSR count). The highest BCUT2D eigenvalue weighted by Gasteiger charge is 2.21. The molecule has 0 unspecified atom stereocenters. The molecule has 2 aromatic rings. The quantitative estimate of drug-likeness (QED) is 0.883. The molecule has 4 heteroatoms. The average molecular weight is 306 g/mol. The Morgan fingerprint density at radius 2 is 2.00 bits per heavy atom. The fraction of sp³-hybridized carbons (Fsp3) is 0.294. The largest absolute Gasteiger partial charge is 0.496 e. The van der Waals surface area contributed by atoms with Crippen molar-refractivity contribution in [2.45, 2.75) is 25.4 Å². The van der Waals surface area contributed by atoms with Crippen molar-refractivity contribution in [3.8, 4) is 16.9 Å². The van der Waals surface area contributed by atoms with E-state index in [0.29, 0.717) is 17.6 Å². The lowest BCUT2D eigenvalue weighted by Gasteiger charge is -2.14. The Morgan fingerprint density at radius 1 is 1.19 bits per heavy atom. The lowest BCUT2D eigenvalue weighted by molar-refractivity contribution is 0.416. The summed E-state index contributed by atoms with van der Waals surface area (Å²) in [7, 11) is 1.62. The first-order valence-corrected chi connectivity index (χ1v) is 7.41. The van der Waals surface area contributed by atoms with E-state index in [4.69, 9.17) is 16.3 Å². The molecule has 1 N–H and O–H groups in total. The van der Waals surface area contributed by atoms with E-state index in [1.807, 2.05) is 12.1 Å². The zero-order chi connectivity index (χ0) is 14.8. The third-order valence-electron chi connectivity index (χ3n) is 3.68. The summed E-state index contributed by atoms with van der Waals surface area (Å²) < 4.78 is 19.0. The summed E-state index contributed by atoms with van der Waals surface area (Å²) in [6, 6.07) is 10.9. The average Bonchev–Trinajstić information content (AvgIpc) is 3.29. The summed E-state index contributed by atoms with van der Waals surface area (Å²) in [5, 5.41) is 4.06. The number of benzene rings is 2. The van der Waals surface area contributed by atoms with Gasteiger partial charge in [-0.1, -0.05) is 17.7 Å². The van der Waals surface area contributed by atoms with Crippen LogP contribution in [0.3, 0.4) is 0 Å². The number of halogens is 2. The summed E-state index contributed by atoms with van der Waals surface area (Å²) in [4.78, 5) is 0. The molecule has 0 spiro atoms. The van der Waals surface area contributed by atoms with E-state index >= 15 is 0 Å². The van der Waals surface area contributed by atoms with Gasteiger partial charge in [-0.25, -0.2) is 4.39 Å². The molecule has 0 aliphatic heterocycles. The molecule has 1 aliphatic carbocycles. The zero-order valence-electron chi connectivity index (χ0n) is 11.8. The third-order valence-corrected chi connectivity index (χ3v) is 3.91. The maximum absolute atomic E-state index is 13.6. The smallest absolute Gasteiger partial charge is 0.126 e. The molecule has 0 atom stereocenters. The Balaban J connectivity index is 2.01. The molecule has 2 aromatic carbocycles. The van der Waals surface area contributed by atoms with Gasteiger partial charge >= 0.3 is 0 Å². The van der Waals surface area contributed by atoms with Gasteiger partial charge < -0.3 is 10.1 Å². The summed E-state index contributed by atoms with van der Waals surface area (Å²) in [6.07, 6.45) is 2.40. The Kier molecular flexibility index (Phi) is 4.13. The molecule has 0 aromatic heterocycles. The minimum absolute atomic E-state index is 0.229. The predicted octanol–water partition coefficient (Wildman–Crippen LogP) is 4.41. The van der Waals surface area contributed by atoms with E-state index in [9.17, 15) is 4.39 Å². The first-order chi connectivity index (χ1) is 10.2. The van der Waals surface area contributed by atoms with Crippen molar-refractivity contribution < 1.29 is 9.13 Å². The molecule has 1 saturated carbocycles. The van der Waals surface area contributed by atoms with E-state index in [2.05, 4.69) is 5.32 Å². The van der Waals surface area contributed by atoms with Crippen LogP contribution < -0.4 is 10.1 Å². The van der Waals surface area contributed by atoms with Gasteiger partial charge in [-0.15, -0.1) is 0 Å². The van der Waals surface area contributed by atoms with E-state index in [-0.39, 0.29) is 5.82 Å². The predicted molar refractivity (Wildman–Crippen MR) is 83.3 cm³/mol. The highest BCUT2D eigenvalue weighted by molar-refractivity contribution is 6.31. The Hall–Kier alpha value is -1.58. The number of nitrogens with one attached hydrogen (secondary N) is 1. The van der Waals surface area contributed by atoms with E-state index < -0.39 is 0 Å². The fourth-order valence-electron chi connectivity index (χ4n) is 2.40. The van der Waals surface area contributed by atoms with Gasteiger partial charge in [-0.2, -0.15) is 0 Å². The molecule has 2 nitrogen and oxygen atoms in total. The SMILES string of the molecule is COc1ccc(Cl)cc1-c1ccc(F)cc1CNC1CC1. The van der Waals surface area contributed by atoms with Crippen LogP contribution in [-0.2, 0) is 6.54 Å². The van der Waals surface area contributed by atoms with Crippen LogP contribution >= 0.6 is 11.6 Å². The summed E-state index contributed by atoms with van der Waals surface area (Å²) in [5.74, 6) is 0.506. The number of rotatable bonds is 5. The highest BCUT2D eigenvalue weighted by Crippen LogP contribution is 2.35. The molecular weight excluding hydrogens is 289 g/mol. The van der Waals surface area contributed by atoms with Gasteiger partial charge in [0.2, 0.25) is 0 Å². The van der Waals surface area contributed by atoms with Crippen molar-refractivity contribution in [2.24, 2.45) is 0 Å². The Morgan fingerprint density at radius 3 is 2.71 bits per heavy atom. The second-order valence-corrected chi connectivity index (χ2v) is 5.74. The van der Waals surface area contributed by atoms with Gasteiger partial charge in [0, 0.05) is 23.2 Å². The van der Waals surface area contributed by atoms with Gasteiger partial charge in [-0.3, -0.25) is 0 Å². The van der Waals surface area contributed by atoms with Crippen LogP contribution in [0.15, 0.2) is 36.4 Å². The molecule has 0 bridgehead atoms. The van der Waals surface area contributed by atoms with Gasteiger partial charge in [0.25, 0.3) is 0 Å². The summed E-state index contributed by atoms with van der Waals surface area (Å²) >= 11 is 6.10. The first kappa shape index (κ1) is 14.4. The van der Waals surface area contributed by atoms with E-state index in [0.717, 1.165) is 22.4 Å². The minimum atomic E-state index is -0.229. The monoisotopic (exact) mass is 305 g/mol. The third kappa shape index (κ3) is 3.36. The number of hydrogen-bond acceptors (Lipinski definition) is 2. The maximum atomic E-state index is 13.6. The van der Waals surface area contributed by atoms with E-state index in [1.165, 1.54) is 18.9 Å². The molecule has 0 heterocycles. The first-order valence-electron chi connectivity index (χ1n) is 7.03. The molecular formula is C17H17ClFNO. The van der Waals surface area contributed by atoms with Crippen molar-refractivity contribution in [2.75, 3.05) is 7.11 Å². The number of hydrogen-bond donors (Lipinski definition) is 1. The van der Waals surface area contributed by atoms with Crippen LogP contribution in [0.1, 0.15) is 18.4 Å².